The number of rotatable bonds is 5. The summed E-state index contributed by atoms with van der Waals surface area (Å²) in [5.74, 6) is 1.20. The lowest BCUT2D eigenvalue weighted by Gasteiger charge is -2.04. The normalized spacial score (nSPS) is 10.2. The number of carbonyl (C=O) groups is 1. The Hall–Kier alpha value is -2.10. The molecule has 4 nitrogen and oxygen atoms in total. The van der Waals surface area contributed by atoms with Crippen LogP contribution >= 0.6 is 0 Å². The number of hydrogen-bond acceptors (Lipinski definition) is 3. The van der Waals surface area contributed by atoms with Gasteiger partial charge in [-0.2, -0.15) is 5.10 Å². The first kappa shape index (κ1) is 11.4. The van der Waals surface area contributed by atoms with Crippen molar-refractivity contribution in [1.29, 1.82) is 0 Å². The van der Waals surface area contributed by atoms with Crippen molar-refractivity contribution in [2.24, 2.45) is 0 Å². The van der Waals surface area contributed by atoms with Crippen LogP contribution < -0.4 is 4.74 Å². The molecular formula is C13H14N2O2. The minimum absolute atomic E-state index is 0.538. The van der Waals surface area contributed by atoms with Crippen molar-refractivity contribution >= 4 is 6.29 Å². The van der Waals surface area contributed by atoms with E-state index in [0.29, 0.717) is 17.1 Å². The summed E-state index contributed by atoms with van der Waals surface area (Å²) in [5, 5.41) is 4.16. The van der Waals surface area contributed by atoms with Gasteiger partial charge in [0.05, 0.1) is 18.0 Å². The fraction of sp³-hybridized carbons (Fsp3) is 0.231. The van der Waals surface area contributed by atoms with Gasteiger partial charge in [-0.1, -0.05) is 19.1 Å². The molecule has 1 aromatic heterocycles. The maximum Gasteiger partial charge on any atom is 0.165 e. The largest absolute Gasteiger partial charge is 0.453 e. The second-order valence-electron chi connectivity index (χ2n) is 3.70. The van der Waals surface area contributed by atoms with Gasteiger partial charge in [-0.05, 0) is 18.6 Å². The molecule has 0 atom stereocenters. The predicted octanol–water partition coefficient (Wildman–Crippen LogP) is 2.90. The number of hydrogen-bond donors (Lipinski definition) is 0. The maximum absolute atomic E-state index is 10.8. The third kappa shape index (κ3) is 2.72. The van der Waals surface area contributed by atoms with Crippen molar-refractivity contribution in [2.45, 2.75) is 19.9 Å². The van der Waals surface area contributed by atoms with E-state index in [1.165, 1.54) is 0 Å². The Labute approximate surface area is 99.8 Å². The molecule has 88 valence electrons. The van der Waals surface area contributed by atoms with Crippen LogP contribution in [0.3, 0.4) is 0 Å². The topological polar surface area (TPSA) is 44.1 Å². The van der Waals surface area contributed by atoms with Gasteiger partial charge in [0, 0.05) is 6.54 Å². The molecule has 0 aliphatic carbocycles. The van der Waals surface area contributed by atoms with E-state index in [2.05, 4.69) is 12.0 Å². The standard InChI is InChI=1S/C13H14N2O2/c1-2-7-15-9-12(8-14-15)17-13-6-4-3-5-11(13)10-16/h3-6,8-10H,2,7H2,1H3. The van der Waals surface area contributed by atoms with Crippen molar-refractivity contribution in [2.75, 3.05) is 0 Å². The van der Waals surface area contributed by atoms with Gasteiger partial charge in [-0.15, -0.1) is 0 Å². The lowest BCUT2D eigenvalue weighted by molar-refractivity contribution is 0.112. The molecule has 2 aromatic rings. The van der Waals surface area contributed by atoms with E-state index < -0.39 is 0 Å². The smallest absolute Gasteiger partial charge is 0.165 e. The highest BCUT2D eigenvalue weighted by Gasteiger charge is 2.04. The zero-order valence-electron chi connectivity index (χ0n) is 9.67. The highest BCUT2D eigenvalue weighted by Crippen LogP contribution is 2.23. The van der Waals surface area contributed by atoms with Crippen LogP contribution in [0.15, 0.2) is 36.7 Å². The van der Waals surface area contributed by atoms with Gasteiger partial charge in [0.1, 0.15) is 5.75 Å². The van der Waals surface area contributed by atoms with E-state index in [0.717, 1.165) is 19.3 Å². The molecule has 0 amide bonds. The van der Waals surface area contributed by atoms with Crippen molar-refractivity contribution in [3.05, 3.63) is 42.2 Å². The Morgan fingerprint density at radius 3 is 3.00 bits per heavy atom. The highest BCUT2D eigenvalue weighted by molar-refractivity contribution is 5.79. The third-order valence-electron chi connectivity index (χ3n) is 2.34. The number of ether oxygens (including phenoxy) is 1. The Balaban J connectivity index is 2.16. The molecule has 0 unspecified atom stereocenters. The molecule has 0 N–H and O–H groups in total. The molecule has 0 aliphatic rings. The van der Waals surface area contributed by atoms with Gasteiger partial charge in [0.15, 0.2) is 12.0 Å². The summed E-state index contributed by atoms with van der Waals surface area (Å²) < 4.78 is 7.43. The number of aldehydes is 1. The number of para-hydroxylation sites is 1. The molecule has 2 rings (SSSR count). The zero-order chi connectivity index (χ0) is 12.1. The van der Waals surface area contributed by atoms with Crippen molar-refractivity contribution in [3.63, 3.8) is 0 Å². The molecule has 0 fully saturated rings. The van der Waals surface area contributed by atoms with Crippen LogP contribution in [0.5, 0.6) is 11.5 Å². The zero-order valence-corrected chi connectivity index (χ0v) is 9.67. The highest BCUT2D eigenvalue weighted by atomic mass is 16.5. The molecule has 0 radical (unpaired) electrons. The molecule has 0 saturated carbocycles. The number of benzene rings is 1. The monoisotopic (exact) mass is 230 g/mol. The maximum atomic E-state index is 10.8. The van der Waals surface area contributed by atoms with Gasteiger partial charge >= 0.3 is 0 Å². The Kier molecular flexibility index (Phi) is 3.55. The fourth-order valence-electron chi connectivity index (χ4n) is 1.55. The first-order valence-corrected chi connectivity index (χ1v) is 5.58. The van der Waals surface area contributed by atoms with Gasteiger partial charge in [0.2, 0.25) is 0 Å². The van der Waals surface area contributed by atoms with Crippen molar-refractivity contribution < 1.29 is 9.53 Å². The summed E-state index contributed by atoms with van der Waals surface area (Å²) in [6.45, 7) is 2.95. The lowest BCUT2D eigenvalue weighted by atomic mass is 10.2. The van der Waals surface area contributed by atoms with Crippen LogP contribution in [0.25, 0.3) is 0 Å². The number of aryl methyl sites for hydroxylation is 1. The van der Waals surface area contributed by atoms with Crippen LogP contribution in [0.1, 0.15) is 23.7 Å². The van der Waals surface area contributed by atoms with Crippen LogP contribution in [0.4, 0.5) is 0 Å². The van der Waals surface area contributed by atoms with E-state index in [-0.39, 0.29) is 0 Å². The average molecular weight is 230 g/mol. The lowest BCUT2D eigenvalue weighted by Crippen LogP contribution is -1.95. The van der Waals surface area contributed by atoms with Crippen molar-refractivity contribution in [3.8, 4) is 11.5 Å². The molecule has 1 heterocycles. The number of carbonyl (C=O) groups excluding carboxylic acids is 1. The summed E-state index contributed by atoms with van der Waals surface area (Å²) in [5.41, 5.74) is 0.538. The summed E-state index contributed by atoms with van der Waals surface area (Å²) in [4.78, 5) is 10.8. The SMILES string of the molecule is CCCn1cc(Oc2ccccc2C=O)cn1. The van der Waals surface area contributed by atoms with Crippen LogP contribution in [0.2, 0.25) is 0 Å². The molecular weight excluding hydrogens is 216 g/mol. The number of aromatic nitrogens is 2. The van der Waals surface area contributed by atoms with E-state index in [1.54, 1.807) is 24.4 Å². The Morgan fingerprint density at radius 1 is 1.41 bits per heavy atom. The van der Waals surface area contributed by atoms with Gasteiger partial charge < -0.3 is 4.74 Å². The second kappa shape index (κ2) is 5.30. The van der Waals surface area contributed by atoms with E-state index in [9.17, 15) is 4.79 Å². The molecule has 0 aliphatic heterocycles. The van der Waals surface area contributed by atoms with Gasteiger partial charge in [-0.25, -0.2) is 0 Å². The Morgan fingerprint density at radius 2 is 2.24 bits per heavy atom. The fourth-order valence-corrected chi connectivity index (χ4v) is 1.55. The van der Waals surface area contributed by atoms with Crippen molar-refractivity contribution in [1.82, 2.24) is 9.78 Å². The molecule has 0 bridgehead atoms. The molecule has 1 aromatic carbocycles. The minimum Gasteiger partial charge on any atom is -0.453 e. The average Bonchev–Trinajstić information content (AvgIpc) is 2.78. The van der Waals surface area contributed by atoms with E-state index >= 15 is 0 Å². The molecule has 0 spiro atoms. The number of nitrogens with zero attached hydrogens (tertiary/aromatic N) is 2. The molecule has 0 saturated heterocycles. The first-order valence-electron chi connectivity index (χ1n) is 5.58. The Bertz CT molecular complexity index is 506. The van der Waals surface area contributed by atoms with E-state index in [1.807, 2.05) is 16.9 Å². The van der Waals surface area contributed by atoms with Crippen LogP contribution in [-0.4, -0.2) is 16.1 Å². The quantitative estimate of drug-likeness (QED) is 0.742. The van der Waals surface area contributed by atoms with Gasteiger partial charge in [-0.3, -0.25) is 9.48 Å². The second-order valence-corrected chi connectivity index (χ2v) is 3.70. The van der Waals surface area contributed by atoms with Crippen LogP contribution in [-0.2, 0) is 6.54 Å². The summed E-state index contributed by atoms with van der Waals surface area (Å²) in [7, 11) is 0. The third-order valence-corrected chi connectivity index (χ3v) is 2.34. The van der Waals surface area contributed by atoms with E-state index in [4.69, 9.17) is 4.74 Å². The first-order chi connectivity index (χ1) is 8.33. The minimum atomic E-state index is 0.538. The summed E-state index contributed by atoms with van der Waals surface area (Å²) >= 11 is 0. The molecule has 4 heteroatoms. The summed E-state index contributed by atoms with van der Waals surface area (Å²) in [6, 6.07) is 7.12. The predicted molar refractivity (Wildman–Crippen MR) is 64.4 cm³/mol. The van der Waals surface area contributed by atoms with Crippen LogP contribution in [0, 0.1) is 0 Å². The van der Waals surface area contributed by atoms with Gasteiger partial charge in [0.25, 0.3) is 0 Å². The molecule has 17 heavy (non-hydrogen) atoms. The summed E-state index contributed by atoms with van der Waals surface area (Å²) in [6.07, 6.45) is 5.28.